The van der Waals surface area contributed by atoms with Crippen molar-refractivity contribution in [3.63, 3.8) is 0 Å². The van der Waals surface area contributed by atoms with Crippen LogP contribution >= 0.6 is 11.9 Å². The van der Waals surface area contributed by atoms with Crippen molar-refractivity contribution in [1.29, 1.82) is 0 Å². The number of anilines is 2. The van der Waals surface area contributed by atoms with Gasteiger partial charge in [-0.2, -0.15) is 0 Å². The van der Waals surface area contributed by atoms with Gasteiger partial charge in [-0.1, -0.05) is 44.2 Å². The maximum Gasteiger partial charge on any atom is 0.255 e. The Kier molecular flexibility index (Phi) is 10.6. The molecule has 0 unspecified atom stereocenters. The Bertz CT molecular complexity index is 1530. The predicted octanol–water partition coefficient (Wildman–Crippen LogP) is 6.13. The van der Waals surface area contributed by atoms with E-state index in [4.69, 9.17) is 0 Å². The lowest BCUT2D eigenvalue weighted by Crippen LogP contribution is -2.26. The van der Waals surface area contributed by atoms with Crippen LogP contribution in [0.3, 0.4) is 0 Å². The van der Waals surface area contributed by atoms with Gasteiger partial charge in [-0.25, -0.2) is 4.98 Å². The third-order valence-corrected chi connectivity index (χ3v) is 7.75. The van der Waals surface area contributed by atoms with Crippen molar-refractivity contribution in [1.82, 2.24) is 15.2 Å². The molecule has 4 aromatic rings. The molecule has 2 amide bonds. The van der Waals surface area contributed by atoms with Gasteiger partial charge in [0.15, 0.2) is 0 Å². The van der Waals surface area contributed by atoms with Crippen molar-refractivity contribution in [3.05, 3.63) is 113 Å². The largest absolute Gasteiger partial charge is 0.507 e. The number of aromatic hydroxyl groups is 1. The van der Waals surface area contributed by atoms with Crippen molar-refractivity contribution in [3.8, 4) is 5.75 Å². The van der Waals surface area contributed by atoms with Crippen LogP contribution in [0.15, 0.2) is 90.0 Å². The van der Waals surface area contributed by atoms with E-state index in [0.29, 0.717) is 21.8 Å². The van der Waals surface area contributed by atoms with Crippen LogP contribution in [0.4, 0.5) is 11.5 Å². The first-order valence-electron chi connectivity index (χ1n) is 14.0. The summed E-state index contributed by atoms with van der Waals surface area (Å²) in [7, 11) is 3.94. The molecule has 9 heteroatoms. The van der Waals surface area contributed by atoms with Gasteiger partial charge in [0, 0.05) is 44.1 Å². The Labute approximate surface area is 251 Å². The molecule has 42 heavy (non-hydrogen) atoms. The quantitative estimate of drug-likeness (QED) is 0.215. The van der Waals surface area contributed by atoms with E-state index >= 15 is 0 Å². The zero-order valence-electron chi connectivity index (χ0n) is 24.4. The minimum atomic E-state index is -0.260. The summed E-state index contributed by atoms with van der Waals surface area (Å²) in [5.41, 5.74) is 5.12. The van der Waals surface area contributed by atoms with Gasteiger partial charge in [0.25, 0.3) is 11.8 Å². The van der Waals surface area contributed by atoms with Gasteiger partial charge < -0.3 is 20.6 Å². The summed E-state index contributed by atoms with van der Waals surface area (Å²) in [6.07, 6.45) is 2.54. The van der Waals surface area contributed by atoms with E-state index in [9.17, 15) is 14.7 Å². The Hall–Kier alpha value is -4.34. The molecule has 3 N–H and O–H groups in total. The zero-order chi connectivity index (χ0) is 30.1. The second-order valence-electron chi connectivity index (χ2n) is 9.77. The number of aromatic nitrogens is 1. The van der Waals surface area contributed by atoms with Crippen LogP contribution in [0.1, 0.15) is 51.3 Å². The van der Waals surface area contributed by atoms with Crippen LogP contribution in [0, 0.1) is 0 Å². The second kappa shape index (κ2) is 14.5. The second-order valence-corrected chi connectivity index (χ2v) is 10.9. The number of benzene rings is 3. The molecule has 0 saturated carbocycles. The lowest BCUT2D eigenvalue weighted by molar-refractivity contribution is 0.0950. The van der Waals surface area contributed by atoms with E-state index in [0.717, 1.165) is 30.8 Å². The van der Waals surface area contributed by atoms with Crippen LogP contribution in [-0.2, 0) is 19.5 Å². The number of pyridine rings is 1. The Morgan fingerprint density at radius 2 is 1.76 bits per heavy atom. The lowest BCUT2D eigenvalue weighted by atomic mass is 9.99. The summed E-state index contributed by atoms with van der Waals surface area (Å²) in [6.45, 7) is 6.19. The minimum Gasteiger partial charge on any atom is -0.507 e. The number of carbonyl (C=O) groups excluding carboxylic acids is 2. The number of fused-ring (bicyclic) bond motifs is 1. The number of carbonyl (C=O) groups is 2. The van der Waals surface area contributed by atoms with Crippen molar-refractivity contribution in [2.75, 3.05) is 30.3 Å². The molecule has 1 aliphatic heterocycles. The number of likely N-dealkylation sites (N-methyl/N-ethyl adjacent to an activating group) is 1. The van der Waals surface area contributed by atoms with Gasteiger partial charge in [0.05, 0.1) is 10.5 Å². The molecule has 0 fully saturated rings. The fourth-order valence-electron chi connectivity index (χ4n) is 4.52. The minimum absolute atomic E-state index is 0.192. The first kappa shape index (κ1) is 30.6. The van der Waals surface area contributed by atoms with E-state index in [1.165, 1.54) is 29.3 Å². The fraction of sp³-hybridized carbons (Fsp3) is 0.242. The molecular weight excluding hydrogens is 546 g/mol. The van der Waals surface area contributed by atoms with E-state index < -0.39 is 0 Å². The molecule has 0 spiro atoms. The molecule has 1 aromatic heterocycles. The third-order valence-electron chi connectivity index (χ3n) is 6.74. The Morgan fingerprint density at radius 3 is 2.52 bits per heavy atom. The number of hydrogen-bond donors (Lipinski definition) is 3. The number of nitrogens with zero attached hydrogens (tertiary/aromatic N) is 3. The number of hydrogen-bond acceptors (Lipinski definition) is 7. The summed E-state index contributed by atoms with van der Waals surface area (Å²) in [5, 5.41) is 15.9. The van der Waals surface area contributed by atoms with Crippen LogP contribution in [0.25, 0.3) is 0 Å². The number of amides is 2. The molecule has 3 aromatic carbocycles. The number of nitrogens with one attached hydrogen (secondary N) is 2. The van der Waals surface area contributed by atoms with E-state index in [1.54, 1.807) is 36.4 Å². The highest BCUT2D eigenvalue weighted by Gasteiger charge is 2.15. The lowest BCUT2D eigenvalue weighted by Gasteiger charge is -2.25. The first-order valence-corrected chi connectivity index (χ1v) is 14.8. The number of rotatable bonds is 8. The molecular formula is C33H37N5O3S. The van der Waals surface area contributed by atoms with Gasteiger partial charge >= 0.3 is 0 Å². The molecule has 0 atom stereocenters. The van der Waals surface area contributed by atoms with Gasteiger partial charge in [0.1, 0.15) is 11.6 Å². The smallest absolute Gasteiger partial charge is 0.255 e. The summed E-state index contributed by atoms with van der Waals surface area (Å²) >= 11 is 1.34. The normalized spacial score (nSPS) is 12.4. The molecule has 8 nitrogen and oxygen atoms in total. The first-order chi connectivity index (χ1) is 20.4. The van der Waals surface area contributed by atoms with Gasteiger partial charge in [-0.3, -0.25) is 13.9 Å². The van der Waals surface area contributed by atoms with Gasteiger partial charge in [-0.15, -0.1) is 0 Å². The van der Waals surface area contributed by atoms with Crippen molar-refractivity contribution >= 4 is 35.3 Å². The SMILES string of the molecule is CC.CN1CCc2ccc(NC(=O)c3cccc(CNC(=O)c4ccc(N(C)Sc5ccccc5O)nc4)c3)cc2C1. The number of phenolic OH excluding ortho intramolecular Hbond substituents is 1. The standard InChI is InChI=1S/C31H31N5O3S.C2H6/c1-35-15-14-22-10-12-26(17-25(22)20-35)34-31(39)23-7-5-6-21(16-23)18-33-30(38)24-11-13-29(32-19-24)36(2)40-28-9-4-3-8-27(28)37;1-2/h3-13,16-17,19,37H,14-15,18,20H2,1-2H3,(H,33,38)(H,34,39);1-2H3. The third kappa shape index (κ3) is 7.90. The summed E-state index contributed by atoms with van der Waals surface area (Å²) in [6, 6.07) is 23.9. The molecule has 2 heterocycles. The molecule has 1 aliphatic rings. The highest BCUT2D eigenvalue weighted by Crippen LogP contribution is 2.32. The molecule has 5 rings (SSSR count). The summed E-state index contributed by atoms with van der Waals surface area (Å²) < 4.78 is 1.82. The van der Waals surface area contributed by atoms with Crippen molar-refractivity contribution in [2.45, 2.75) is 38.3 Å². The zero-order valence-corrected chi connectivity index (χ0v) is 25.2. The average Bonchev–Trinajstić information content (AvgIpc) is 3.02. The van der Waals surface area contributed by atoms with Gasteiger partial charge in [0.2, 0.25) is 0 Å². The van der Waals surface area contributed by atoms with Crippen LogP contribution in [0.2, 0.25) is 0 Å². The maximum atomic E-state index is 12.9. The van der Waals surface area contributed by atoms with Gasteiger partial charge in [-0.05, 0) is 90.6 Å². The number of para-hydroxylation sites is 1. The van der Waals surface area contributed by atoms with Crippen LogP contribution < -0.4 is 14.9 Å². The summed E-state index contributed by atoms with van der Waals surface area (Å²) in [5.74, 6) is 0.393. The monoisotopic (exact) mass is 583 g/mol. The Morgan fingerprint density at radius 1 is 0.952 bits per heavy atom. The van der Waals surface area contributed by atoms with Crippen molar-refractivity contribution in [2.24, 2.45) is 0 Å². The maximum absolute atomic E-state index is 12.9. The predicted molar refractivity (Wildman–Crippen MR) is 170 cm³/mol. The summed E-state index contributed by atoms with van der Waals surface area (Å²) in [4.78, 5) is 33.1. The highest BCUT2D eigenvalue weighted by molar-refractivity contribution is 8.00. The Balaban J connectivity index is 0.00000198. The average molecular weight is 584 g/mol. The van der Waals surface area contributed by atoms with E-state index in [1.807, 2.05) is 61.6 Å². The van der Waals surface area contributed by atoms with Crippen LogP contribution in [0.5, 0.6) is 5.75 Å². The molecule has 0 aliphatic carbocycles. The molecule has 218 valence electrons. The van der Waals surface area contributed by atoms with E-state index in [-0.39, 0.29) is 24.1 Å². The topological polar surface area (TPSA) is 97.8 Å². The number of phenols is 1. The van der Waals surface area contributed by atoms with Crippen LogP contribution in [-0.4, -0.2) is 47.4 Å². The fourth-order valence-corrected chi connectivity index (χ4v) is 5.32. The molecule has 0 saturated heterocycles. The van der Waals surface area contributed by atoms with Crippen molar-refractivity contribution < 1.29 is 14.7 Å². The molecule has 0 radical (unpaired) electrons. The highest BCUT2D eigenvalue weighted by atomic mass is 32.2. The molecule has 0 bridgehead atoms. The van der Waals surface area contributed by atoms with E-state index in [2.05, 4.69) is 33.6 Å².